The first-order chi connectivity index (χ1) is 10.9. The first-order valence-corrected chi connectivity index (χ1v) is 7.49. The summed E-state index contributed by atoms with van der Waals surface area (Å²) in [5, 5.41) is 14.1. The van der Waals surface area contributed by atoms with Crippen molar-refractivity contribution in [2.45, 2.75) is 13.0 Å². The number of aryl methyl sites for hydroxylation is 1. The van der Waals surface area contributed by atoms with Gasteiger partial charge in [0, 0.05) is 11.6 Å². The molecule has 1 unspecified atom stereocenters. The molecular formula is C16H11BrF2N2O2. The van der Waals surface area contributed by atoms with Gasteiger partial charge in [-0.3, -0.25) is 4.68 Å². The molecule has 118 valence electrons. The normalized spacial score (nSPS) is 12.5. The zero-order valence-electron chi connectivity index (χ0n) is 11.9. The predicted octanol–water partition coefficient (Wildman–Crippen LogP) is 4.06. The summed E-state index contributed by atoms with van der Waals surface area (Å²) in [6.07, 6.45) is 1.44. The van der Waals surface area contributed by atoms with Crippen LogP contribution in [0.15, 0.2) is 41.0 Å². The van der Waals surface area contributed by atoms with E-state index in [1.807, 2.05) is 0 Å². The van der Waals surface area contributed by atoms with Crippen LogP contribution in [0.3, 0.4) is 0 Å². The van der Waals surface area contributed by atoms with Crippen LogP contribution in [-0.2, 0) is 4.79 Å². The molecule has 0 fully saturated rings. The highest BCUT2D eigenvalue weighted by Crippen LogP contribution is 2.28. The maximum absolute atomic E-state index is 14.1. The molecule has 23 heavy (non-hydrogen) atoms. The predicted molar refractivity (Wildman–Crippen MR) is 84.3 cm³/mol. The lowest BCUT2D eigenvalue weighted by atomic mass is 10.0. The molecule has 0 aliphatic heterocycles. The summed E-state index contributed by atoms with van der Waals surface area (Å²) < 4.78 is 29.0. The van der Waals surface area contributed by atoms with Crippen molar-refractivity contribution in [3.05, 3.63) is 63.8 Å². The molecule has 0 saturated heterocycles. The molecule has 3 aromatic rings. The van der Waals surface area contributed by atoms with Crippen molar-refractivity contribution in [1.82, 2.24) is 9.78 Å². The zero-order valence-corrected chi connectivity index (χ0v) is 13.5. The molecule has 0 aliphatic rings. The molecule has 1 heterocycles. The summed E-state index contributed by atoms with van der Waals surface area (Å²) in [5.74, 6) is -2.31. The number of rotatable bonds is 3. The van der Waals surface area contributed by atoms with Gasteiger partial charge in [0.25, 0.3) is 0 Å². The standard InChI is InChI=1S/C16H11BrF2N2O2/c1-8-2-4-10(18)6-11(8)15(16(22)23)21-7-9-3-5-12(17)13(19)14(9)20-21/h2-7,15H,1H3,(H,22,23). The highest BCUT2D eigenvalue weighted by atomic mass is 79.9. The number of halogens is 3. The van der Waals surface area contributed by atoms with Crippen molar-refractivity contribution in [2.24, 2.45) is 0 Å². The maximum atomic E-state index is 14.1. The van der Waals surface area contributed by atoms with Gasteiger partial charge in [0.05, 0.1) is 4.47 Å². The van der Waals surface area contributed by atoms with Crippen LogP contribution in [0.5, 0.6) is 0 Å². The number of carboxylic acid groups (broad SMARTS) is 1. The second-order valence-electron chi connectivity index (χ2n) is 5.15. The highest BCUT2D eigenvalue weighted by molar-refractivity contribution is 9.10. The third-order valence-electron chi connectivity index (χ3n) is 3.62. The van der Waals surface area contributed by atoms with Crippen LogP contribution in [0.2, 0.25) is 0 Å². The van der Waals surface area contributed by atoms with E-state index in [9.17, 15) is 18.7 Å². The van der Waals surface area contributed by atoms with E-state index in [2.05, 4.69) is 21.0 Å². The average Bonchev–Trinajstić information content (AvgIpc) is 2.91. The lowest BCUT2D eigenvalue weighted by molar-refractivity contribution is -0.139. The minimum atomic E-state index is -1.24. The Bertz CT molecular complexity index is 924. The van der Waals surface area contributed by atoms with Crippen LogP contribution >= 0.6 is 15.9 Å². The van der Waals surface area contributed by atoms with Crippen molar-refractivity contribution in [1.29, 1.82) is 0 Å². The topological polar surface area (TPSA) is 55.1 Å². The number of carbonyl (C=O) groups is 1. The summed E-state index contributed by atoms with van der Waals surface area (Å²) in [6, 6.07) is 5.83. The van der Waals surface area contributed by atoms with E-state index in [1.54, 1.807) is 13.0 Å². The number of aromatic nitrogens is 2. The van der Waals surface area contributed by atoms with Crippen molar-refractivity contribution >= 4 is 32.8 Å². The van der Waals surface area contributed by atoms with Crippen molar-refractivity contribution in [3.63, 3.8) is 0 Å². The number of hydrogen-bond acceptors (Lipinski definition) is 2. The van der Waals surface area contributed by atoms with E-state index in [-0.39, 0.29) is 15.6 Å². The first-order valence-electron chi connectivity index (χ1n) is 6.70. The van der Waals surface area contributed by atoms with Gasteiger partial charge in [-0.2, -0.15) is 5.10 Å². The molecule has 0 radical (unpaired) electrons. The van der Waals surface area contributed by atoms with Gasteiger partial charge in [-0.05, 0) is 58.2 Å². The number of fused-ring (bicyclic) bond motifs is 1. The van der Waals surface area contributed by atoms with E-state index in [4.69, 9.17) is 0 Å². The SMILES string of the molecule is Cc1ccc(F)cc1C(C(=O)O)n1cc2ccc(Br)c(F)c2n1. The molecule has 7 heteroatoms. The molecule has 0 saturated carbocycles. The van der Waals surface area contributed by atoms with Gasteiger partial charge < -0.3 is 5.11 Å². The molecule has 0 aliphatic carbocycles. The number of hydrogen-bond donors (Lipinski definition) is 1. The fourth-order valence-electron chi connectivity index (χ4n) is 2.47. The molecule has 0 amide bonds. The maximum Gasteiger partial charge on any atom is 0.333 e. The summed E-state index contributed by atoms with van der Waals surface area (Å²) in [4.78, 5) is 11.7. The molecular weight excluding hydrogens is 370 g/mol. The van der Waals surface area contributed by atoms with E-state index in [0.29, 0.717) is 10.9 Å². The van der Waals surface area contributed by atoms with Crippen LogP contribution in [-0.4, -0.2) is 20.9 Å². The molecule has 2 aromatic carbocycles. The molecule has 0 bridgehead atoms. The minimum absolute atomic E-state index is 0.0553. The Hall–Kier alpha value is -2.28. The molecule has 0 spiro atoms. The van der Waals surface area contributed by atoms with Crippen LogP contribution < -0.4 is 0 Å². The Morgan fingerprint density at radius 1 is 1.30 bits per heavy atom. The fourth-order valence-corrected chi connectivity index (χ4v) is 2.79. The Morgan fingerprint density at radius 2 is 2.04 bits per heavy atom. The van der Waals surface area contributed by atoms with Crippen LogP contribution in [0.4, 0.5) is 8.78 Å². The number of carboxylic acids is 1. The van der Waals surface area contributed by atoms with Gasteiger partial charge in [0.1, 0.15) is 11.3 Å². The van der Waals surface area contributed by atoms with Gasteiger partial charge in [-0.15, -0.1) is 0 Å². The van der Waals surface area contributed by atoms with E-state index >= 15 is 0 Å². The van der Waals surface area contributed by atoms with Crippen LogP contribution in [0.1, 0.15) is 17.2 Å². The highest BCUT2D eigenvalue weighted by Gasteiger charge is 2.26. The lowest BCUT2D eigenvalue weighted by Crippen LogP contribution is -2.22. The Morgan fingerprint density at radius 3 is 2.74 bits per heavy atom. The van der Waals surface area contributed by atoms with Crippen molar-refractivity contribution in [3.8, 4) is 0 Å². The van der Waals surface area contributed by atoms with Crippen LogP contribution in [0, 0.1) is 18.6 Å². The van der Waals surface area contributed by atoms with Gasteiger partial charge in [-0.1, -0.05) is 6.07 Å². The second-order valence-corrected chi connectivity index (χ2v) is 6.00. The third-order valence-corrected chi connectivity index (χ3v) is 4.23. The lowest BCUT2D eigenvalue weighted by Gasteiger charge is -2.15. The van der Waals surface area contributed by atoms with Crippen molar-refractivity contribution in [2.75, 3.05) is 0 Å². The summed E-state index contributed by atoms with van der Waals surface area (Å²) in [7, 11) is 0. The average molecular weight is 381 g/mol. The zero-order chi connectivity index (χ0) is 16.7. The third kappa shape index (κ3) is 2.72. The largest absolute Gasteiger partial charge is 0.479 e. The van der Waals surface area contributed by atoms with Gasteiger partial charge >= 0.3 is 5.97 Å². The summed E-state index contributed by atoms with van der Waals surface area (Å²) >= 11 is 3.07. The monoisotopic (exact) mass is 380 g/mol. The molecule has 4 nitrogen and oxygen atoms in total. The number of benzene rings is 2. The number of nitrogens with zero attached hydrogens (tertiary/aromatic N) is 2. The number of aliphatic carboxylic acids is 1. The Labute approximate surface area is 138 Å². The molecule has 3 rings (SSSR count). The minimum Gasteiger partial charge on any atom is -0.479 e. The summed E-state index contributed by atoms with van der Waals surface area (Å²) in [6.45, 7) is 1.69. The molecule has 1 N–H and O–H groups in total. The quantitative estimate of drug-likeness (QED) is 0.745. The Kier molecular flexibility index (Phi) is 3.89. The van der Waals surface area contributed by atoms with Crippen molar-refractivity contribution < 1.29 is 18.7 Å². The smallest absolute Gasteiger partial charge is 0.333 e. The van der Waals surface area contributed by atoms with Gasteiger partial charge in [0.15, 0.2) is 11.9 Å². The van der Waals surface area contributed by atoms with Gasteiger partial charge in [0.2, 0.25) is 0 Å². The fraction of sp³-hybridized carbons (Fsp3) is 0.125. The van der Waals surface area contributed by atoms with E-state index in [1.165, 1.54) is 24.4 Å². The second kappa shape index (κ2) is 5.73. The molecule has 1 atom stereocenters. The van der Waals surface area contributed by atoms with E-state index < -0.39 is 23.6 Å². The summed E-state index contributed by atoms with van der Waals surface area (Å²) in [5.41, 5.74) is 0.935. The molecule has 1 aromatic heterocycles. The Balaban J connectivity index is 2.21. The van der Waals surface area contributed by atoms with Gasteiger partial charge in [-0.25, -0.2) is 13.6 Å². The van der Waals surface area contributed by atoms with Crippen LogP contribution in [0.25, 0.3) is 10.9 Å². The van der Waals surface area contributed by atoms with E-state index in [0.717, 1.165) is 10.7 Å². The first kappa shape index (κ1) is 15.6.